The highest BCUT2D eigenvalue weighted by atomic mass is 16.1. The number of nitrogens with one attached hydrogen (secondary N) is 2. The Bertz CT molecular complexity index is 467. The molecular formula is C16H26N4O. The normalized spacial score (nSPS) is 16.3. The maximum absolute atomic E-state index is 12.4. The van der Waals surface area contributed by atoms with Gasteiger partial charge in [0.15, 0.2) is 0 Å². The van der Waals surface area contributed by atoms with Gasteiger partial charge < -0.3 is 10.6 Å². The number of carbonyl (C=O) groups is 1. The van der Waals surface area contributed by atoms with Crippen molar-refractivity contribution in [1.82, 2.24) is 15.3 Å². The van der Waals surface area contributed by atoms with Gasteiger partial charge >= 0.3 is 0 Å². The quantitative estimate of drug-likeness (QED) is 0.818. The van der Waals surface area contributed by atoms with Crippen LogP contribution in [0.3, 0.4) is 0 Å². The molecule has 1 aromatic rings. The van der Waals surface area contributed by atoms with Gasteiger partial charge in [0.25, 0.3) is 5.91 Å². The number of carbonyl (C=O) groups excluding carboxylic acids is 1. The van der Waals surface area contributed by atoms with E-state index in [1.165, 1.54) is 25.7 Å². The summed E-state index contributed by atoms with van der Waals surface area (Å²) in [6, 6.07) is 2.04. The van der Waals surface area contributed by atoms with Gasteiger partial charge in [-0.05, 0) is 26.2 Å². The summed E-state index contributed by atoms with van der Waals surface area (Å²) in [6.07, 6.45) is 8.16. The minimum atomic E-state index is -0.0769. The zero-order valence-electron chi connectivity index (χ0n) is 13.1. The standard InChI is InChI=1S/C16H26N4O/c1-3-10-17-15-11-14(18-12(2)19-15)16(21)20-13-8-6-4-5-7-9-13/h11,13H,3-10H2,1-2H3,(H,20,21)(H,17,18,19). The van der Waals surface area contributed by atoms with Crippen LogP contribution < -0.4 is 10.6 Å². The lowest BCUT2D eigenvalue weighted by molar-refractivity contribution is 0.0928. The van der Waals surface area contributed by atoms with Crippen LogP contribution in [0, 0.1) is 6.92 Å². The first-order valence-corrected chi connectivity index (χ1v) is 8.09. The highest BCUT2D eigenvalue weighted by Crippen LogP contribution is 2.17. The predicted molar refractivity (Wildman–Crippen MR) is 84.5 cm³/mol. The van der Waals surface area contributed by atoms with Gasteiger partial charge in [0, 0.05) is 18.7 Å². The van der Waals surface area contributed by atoms with E-state index in [-0.39, 0.29) is 5.91 Å². The minimum absolute atomic E-state index is 0.0769. The fourth-order valence-electron chi connectivity index (χ4n) is 2.71. The molecule has 0 radical (unpaired) electrons. The predicted octanol–water partition coefficient (Wildman–Crippen LogP) is 3.06. The molecule has 5 heteroatoms. The summed E-state index contributed by atoms with van der Waals surface area (Å²) in [5, 5.41) is 6.34. The number of hydrogen-bond donors (Lipinski definition) is 2. The smallest absolute Gasteiger partial charge is 0.270 e. The van der Waals surface area contributed by atoms with Crippen molar-refractivity contribution in [3.63, 3.8) is 0 Å². The molecule has 1 saturated carbocycles. The molecule has 1 amide bonds. The number of amides is 1. The van der Waals surface area contributed by atoms with Crippen molar-refractivity contribution in [1.29, 1.82) is 0 Å². The highest BCUT2D eigenvalue weighted by Gasteiger charge is 2.17. The maximum atomic E-state index is 12.4. The van der Waals surface area contributed by atoms with Crippen molar-refractivity contribution in [2.24, 2.45) is 0 Å². The monoisotopic (exact) mass is 290 g/mol. The van der Waals surface area contributed by atoms with Crippen LogP contribution in [0.1, 0.15) is 68.2 Å². The summed E-state index contributed by atoms with van der Waals surface area (Å²) >= 11 is 0. The van der Waals surface area contributed by atoms with Crippen molar-refractivity contribution in [2.45, 2.75) is 64.8 Å². The van der Waals surface area contributed by atoms with Gasteiger partial charge in [-0.25, -0.2) is 9.97 Å². The van der Waals surface area contributed by atoms with Crippen LogP contribution in [0.4, 0.5) is 5.82 Å². The van der Waals surface area contributed by atoms with E-state index in [2.05, 4.69) is 27.5 Å². The van der Waals surface area contributed by atoms with Crippen molar-refractivity contribution in [3.8, 4) is 0 Å². The van der Waals surface area contributed by atoms with E-state index in [0.717, 1.165) is 31.6 Å². The summed E-state index contributed by atoms with van der Waals surface area (Å²) in [7, 11) is 0. The molecule has 1 heterocycles. The number of aromatic nitrogens is 2. The number of aryl methyl sites for hydroxylation is 1. The second-order valence-corrected chi connectivity index (χ2v) is 5.77. The van der Waals surface area contributed by atoms with Gasteiger partial charge in [-0.3, -0.25) is 4.79 Å². The molecule has 116 valence electrons. The average Bonchev–Trinajstić information content (AvgIpc) is 2.73. The summed E-state index contributed by atoms with van der Waals surface area (Å²) < 4.78 is 0. The number of anilines is 1. The van der Waals surface area contributed by atoms with Gasteiger partial charge in [0.1, 0.15) is 17.3 Å². The zero-order valence-corrected chi connectivity index (χ0v) is 13.1. The fourth-order valence-corrected chi connectivity index (χ4v) is 2.71. The van der Waals surface area contributed by atoms with Gasteiger partial charge in [0.05, 0.1) is 0 Å². The third-order valence-electron chi connectivity index (χ3n) is 3.82. The van der Waals surface area contributed by atoms with Crippen molar-refractivity contribution in [3.05, 3.63) is 17.6 Å². The first kappa shape index (κ1) is 15.7. The highest BCUT2D eigenvalue weighted by molar-refractivity contribution is 5.93. The summed E-state index contributed by atoms with van der Waals surface area (Å²) in [6.45, 7) is 4.76. The van der Waals surface area contributed by atoms with Gasteiger partial charge in [-0.1, -0.05) is 32.6 Å². The largest absolute Gasteiger partial charge is 0.370 e. The molecule has 0 bridgehead atoms. The Balaban J connectivity index is 2.01. The van der Waals surface area contributed by atoms with Crippen LogP contribution >= 0.6 is 0 Å². The lowest BCUT2D eigenvalue weighted by Crippen LogP contribution is -2.35. The molecule has 2 rings (SSSR count). The number of hydrogen-bond acceptors (Lipinski definition) is 4. The van der Waals surface area contributed by atoms with E-state index in [1.807, 2.05) is 6.92 Å². The Kier molecular flexibility index (Phi) is 5.96. The molecule has 0 unspecified atom stereocenters. The Morgan fingerprint density at radius 2 is 1.95 bits per heavy atom. The summed E-state index contributed by atoms with van der Waals surface area (Å²) in [5.74, 6) is 1.28. The van der Waals surface area contributed by atoms with Crippen molar-refractivity contribution >= 4 is 11.7 Å². The lowest BCUT2D eigenvalue weighted by atomic mass is 10.1. The summed E-state index contributed by atoms with van der Waals surface area (Å²) in [5.41, 5.74) is 0.463. The number of rotatable bonds is 5. The molecule has 5 nitrogen and oxygen atoms in total. The number of nitrogens with zero attached hydrogens (tertiary/aromatic N) is 2. The Morgan fingerprint density at radius 3 is 2.62 bits per heavy atom. The average molecular weight is 290 g/mol. The fraction of sp³-hybridized carbons (Fsp3) is 0.688. The molecule has 2 N–H and O–H groups in total. The molecule has 0 aromatic carbocycles. The molecule has 0 aliphatic heterocycles. The second-order valence-electron chi connectivity index (χ2n) is 5.77. The molecule has 21 heavy (non-hydrogen) atoms. The maximum Gasteiger partial charge on any atom is 0.270 e. The van der Waals surface area contributed by atoms with Crippen molar-refractivity contribution < 1.29 is 4.79 Å². The Hall–Kier alpha value is -1.65. The first-order chi connectivity index (χ1) is 10.2. The van der Waals surface area contributed by atoms with E-state index in [9.17, 15) is 4.79 Å². The van der Waals surface area contributed by atoms with Crippen LogP contribution in [-0.4, -0.2) is 28.5 Å². The van der Waals surface area contributed by atoms with Gasteiger partial charge in [-0.2, -0.15) is 0 Å². The zero-order chi connectivity index (χ0) is 15.1. The molecule has 0 saturated heterocycles. The van der Waals surface area contributed by atoms with Gasteiger partial charge in [-0.15, -0.1) is 0 Å². The van der Waals surface area contributed by atoms with Crippen LogP contribution in [0.25, 0.3) is 0 Å². The molecule has 0 spiro atoms. The second kappa shape index (κ2) is 7.96. The Labute approximate surface area is 127 Å². The van der Waals surface area contributed by atoms with E-state index in [0.29, 0.717) is 17.6 Å². The third-order valence-corrected chi connectivity index (χ3v) is 3.82. The molecule has 1 aliphatic rings. The van der Waals surface area contributed by atoms with Crippen molar-refractivity contribution in [2.75, 3.05) is 11.9 Å². The minimum Gasteiger partial charge on any atom is -0.370 e. The SMILES string of the molecule is CCCNc1cc(C(=O)NC2CCCCCC2)nc(C)n1. The van der Waals surface area contributed by atoms with Crippen LogP contribution in [0.2, 0.25) is 0 Å². The van der Waals surface area contributed by atoms with Crippen LogP contribution in [0.5, 0.6) is 0 Å². The first-order valence-electron chi connectivity index (χ1n) is 8.09. The van der Waals surface area contributed by atoms with Crippen LogP contribution in [0.15, 0.2) is 6.07 Å². The third kappa shape index (κ3) is 4.99. The lowest BCUT2D eigenvalue weighted by Gasteiger charge is -2.16. The van der Waals surface area contributed by atoms with E-state index in [4.69, 9.17) is 0 Å². The Morgan fingerprint density at radius 1 is 1.24 bits per heavy atom. The molecular weight excluding hydrogens is 264 g/mol. The molecule has 1 aromatic heterocycles. The summed E-state index contributed by atoms with van der Waals surface area (Å²) in [4.78, 5) is 21.0. The molecule has 0 atom stereocenters. The van der Waals surface area contributed by atoms with Gasteiger partial charge in [0.2, 0.25) is 0 Å². The topological polar surface area (TPSA) is 66.9 Å². The van der Waals surface area contributed by atoms with E-state index < -0.39 is 0 Å². The van der Waals surface area contributed by atoms with E-state index >= 15 is 0 Å². The molecule has 1 aliphatic carbocycles. The van der Waals surface area contributed by atoms with E-state index in [1.54, 1.807) is 6.07 Å². The molecule has 1 fully saturated rings. The van der Waals surface area contributed by atoms with Crippen LogP contribution in [-0.2, 0) is 0 Å².